The summed E-state index contributed by atoms with van der Waals surface area (Å²) < 4.78 is 5.30. The molecule has 1 fully saturated rings. The number of hydrogen-bond donors (Lipinski definition) is 2. The van der Waals surface area contributed by atoms with Crippen molar-refractivity contribution in [3.8, 4) is 0 Å². The van der Waals surface area contributed by atoms with E-state index in [2.05, 4.69) is 0 Å². The van der Waals surface area contributed by atoms with Crippen molar-refractivity contribution in [3.05, 3.63) is 39.9 Å². The molecule has 1 heterocycles. The number of ether oxygens (including phenoxy) is 1. The van der Waals surface area contributed by atoms with Crippen molar-refractivity contribution >= 4 is 35.3 Å². The van der Waals surface area contributed by atoms with E-state index in [9.17, 15) is 29.6 Å². The second-order valence-electron chi connectivity index (χ2n) is 6.40. The molecule has 10 nitrogen and oxygen atoms in total. The highest BCUT2D eigenvalue weighted by molar-refractivity contribution is 7.99. The van der Waals surface area contributed by atoms with Crippen LogP contribution in [0.15, 0.2) is 24.3 Å². The zero-order chi connectivity index (χ0) is 21.4. The van der Waals surface area contributed by atoms with Gasteiger partial charge in [-0.2, -0.15) is 0 Å². The van der Waals surface area contributed by atoms with E-state index in [1.807, 2.05) is 0 Å². The Hall–Kier alpha value is -2.66. The summed E-state index contributed by atoms with van der Waals surface area (Å²) in [6, 6.07) is 4.76. The highest BCUT2D eigenvalue weighted by Gasteiger charge is 2.42. The maximum Gasteiger partial charge on any atom is 0.327 e. The molecule has 1 aromatic rings. The summed E-state index contributed by atoms with van der Waals surface area (Å²) in [4.78, 5) is 46.3. The van der Waals surface area contributed by atoms with Gasteiger partial charge in [-0.3, -0.25) is 19.7 Å². The number of nitrogens with zero attached hydrogens (tertiary/aromatic N) is 2. The number of carbonyl (C=O) groups excluding carboxylic acids is 1. The van der Waals surface area contributed by atoms with Gasteiger partial charge in [0.2, 0.25) is 5.91 Å². The number of rotatable bonds is 11. The molecule has 0 aliphatic carbocycles. The van der Waals surface area contributed by atoms with Crippen LogP contribution in [0, 0.1) is 10.1 Å². The average molecular weight is 426 g/mol. The monoisotopic (exact) mass is 426 g/mol. The lowest BCUT2D eigenvalue weighted by Gasteiger charge is -2.27. The highest BCUT2D eigenvalue weighted by Crippen LogP contribution is 2.42. The zero-order valence-corrected chi connectivity index (χ0v) is 16.4. The fraction of sp³-hybridized carbons (Fsp3) is 0.500. The van der Waals surface area contributed by atoms with Crippen LogP contribution in [0.3, 0.4) is 0 Å². The molecule has 1 aliphatic rings. The Labute approximate surface area is 171 Å². The van der Waals surface area contributed by atoms with Crippen LogP contribution >= 0.6 is 11.8 Å². The molecule has 0 bridgehead atoms. The van der Waals surface area contributed by atoms with Crippen molar-refractivity contribution in [1.29, 1.82) is 0 Å². The van der Waals surface area contributed by atoms with Crippen LogP contribution in [-0.4, -0.2) is 62.9 Å². The van der Waals surface area contributed by atoms with Crippen molar-refractivity contribution in [2.45, 2.75) is 37.1 Å². The number of benzene rings is 1. The van der Waals surface area contributed by atoms with Gasteiger partial charge in [0.1, 0.15) is 11.4 Å². The van der Waals surface area contributed by atoms with Crippen molar-refractivity contribution < 1.29 is 34.3 Å². The number of hydrogen-bond acceptors (Lipinski definition) is 7. The fourth-order valence-electron chi connectivity index (χ4n) is 2.90. The molecule has 2 N–H and O–H groups in total. The first-order valence-corrected chi connectivity index (χ1v) is 10.1. The third kappa shape index (κ3) is 6.43. The van der Waals surface area contributed by atoms with Gasteiger partial charge in [-0.1, -0.05) is 0 Å². The predicted octanol–water partition coefficient (Wildman–Crippen LogP) is 2.28. The number of aliphatic carboxylic acids is 2. The van der Waals surface area contributed by atoms with E-state index in [4.69, 9.17) is 9.84 Å². The number of thioether (sulfide) groups is 1. The SMILES string of the molecule is O=C(O)CCCOCCCC(=O)N1C(c2ccc([N+](=O)[O-])cc2)SC[C@H]1C(=O)O. The molecule has 1 aromatic carbocycles. The van der Waals surface area contributed by atoms with Crippen LogP contribution in [0.2, 0.25) is 0 Å². The molecule has 0 saturated carbocycles. The van der Waals surface area contributed by atoms with Crippen molar-refractivity contribution in [2.75, 3.05) is 19.0 Å². The molecule has 1 aliphatic heterocycles. The molecular formula is C18H22N2O8S. The van der Waals surface area contributed by atoms with Gasteiger partial charge < -0.3 is 19.8 Å². The smallest absolute Gasteiger partial charge is 0.327 e. The van der Waals surface area contributed by atoms with Gasteiger partial charge in [0.15, 0.2) is 0 Å². The molecule has 1 unspecified atom stereocenters. The Balaban J connectivity index is 1.95. The second-order valence-corrected chi connectivity index (χ2v) is 7.52. The minimum atomic E-state index is -1.10. The van der Waals surface area contributed by atoms with Crippen LogP contribution in [-0.2, 0) is 19.1 Å². The maximum absolute atomic E-state index is 12.7. The zero-order valence-electron chi connectivity index (χ0n) is 15.6. The fourth-order valence-corrected chi connectivity index (χ4v) is 4.34. The number of carboxylic acid groups (broad SMARTS) is 2. The Morgan fingerprint density at radius 3 is 2.31 bits per heavy atom. The highest BCUT2D eigenvalue weighted by atomic mass is 32.2. The summed E-state index contributed by atoms with van der Waals surface area (Å²) >= 11 is 1.30. The lowest BCUT2D eigenvalue weighted by molar-refractivity contribution is -0.384. The number of amides is 1. The predicted molar refractivity (Wildman–Crippen MR) is 103 cm³/mol. The van der Waals surface area contributed by atoms with E-state index in [1.165, 1.54) is 40.9 Å². The van der Waals surface area contributed by atoms with Gasteiger partial charge in [-0.25, -0.2) is 4.79 Å². The van der Waals surface area contributed by atoms with Crippen LogP contribution in [0.25, 0.3) is 0 Å². The summed E-state index contributed by atoms with van der Waals surface area (Å²) in [7, 11) is 0. The number of nitro groups is 1. The summed E-state index contributed by atoms with van der Waals surface area (Å²) in [6.45, 7) is 0.551. The van der Waals surface area contributed by atoms with Gasteiger partial charge >= 0.3 is 11.9 Å². The first kappa shape index (κ1) is 22.6. The first-order chi connectivity index (χ1) is 13.8. The molecule has 1 amide bonds. The topological polar surface area (TPSA) is 147 Å². The molecule has 0 aromatic heterocycles. The second kappa shape index (κ2) is 10.8. The lowest BCUT2D eigenvalue weighted by atomic mass is 10.1. The first-order valence-electron chi connectivity index (χ1n) is 9.00. The van der Waals surface area contributed by atoms with Crippen molar-refractivity contribution in [2.24, 2.45) is 0 Å². The average Bonchev–Trinajstić information content (AvgIpc) is 3.12. The molecule has 158 valence electrons. The van der Waals surface area contributed by atoms with E-state index in [1.54, 1.807) is 0 Å². The van der Waals surface area contributed by atoms with Crippen LogP contribution < -0.4 is 0 Å². The van der Waals surface area contributed by atoms with E-state index < -0.39 is 28.3 Å². The standard InChI is InChI=1S/C18H22N2O8S/c21-15(3-1-9-28-10-2-4-16(22)23)19-14(18(24)25)11-29-17(19)12-5-7-13(8-6-12)20(26)27/h5-8,14,17H,1-4,9-11H2,(H,22,23)(H,24,25)/t14-,17?/m0/s1. The van der Waals surface area contributed by atoms with Crippen molar-refractivity contribution in [3.63, 3.8) is 0 Å². The van der Waals surface area contributed by atoms with Gasteiger partial charge in [-0.15, -0.1) is 11.8 Å². The van der Waals surface area contributed by atoms with E-state index in [0.29, 0.717) is 18.4 Å². The maximum atomic E-state index is 12.7. The van der Waals surface area contributed by atoms with Gasteiger partial charge in [0.25, 0.3) is 5.69 Å². The third-order valence-electron chi connectivity index (χ3n) is 4.32. The van der Waals surface area contributed by atoms with Crippen molar-refractivity contribution in [1.82, 2.24) is 4.90 Å². The minimum absolute atomic E-state index is 0.0150. The molecule has 29 heavy (non-hydrogen) atoms. The molecule has 2 rings (SSSR count). The number of nitro benzene ring substituents is 1. The van der Waals surface area contributed by atoms with Gasteiger partial charge in [0, 0.05) is 43.9 Å². The molecule has 1 saturated heterocycles. The molecule has 2 atom stereocenters. The normalized spacial score (nSPS) is 18.6. The van der Waals surface area contributed by atoms with E-state index in [-0.39, 0.29) is 43.4 Å². The number of carboxylic acids is 2. The van der Waals surface area contributed by atoms with Gasteiger partial charge in [-0.05, 0) is 30.5 Å². The van der Waals surface area contributed by atoms with Gasteiger partial charge in [0.05, 0.1) is 4.92 Å². The van der Waals surface area contributed by atoms with Crippen LogP contribution in [0.4, 0.5) is 5.69 Å². The Kier molecular flexibility index (Phi) is 8.40. The quantitative estimate of drug-likeness (QED) is 0.309. The summed E-state index contributed by atoms with van der Waals surface area (Å²) in [6.07, 6.45) is 0.871. The summed E-state index contributed by atoms with van der Waals surface area (Å²) in [5, 5.41) is 28.3. The summed E-state index contributed by atoms with van der Waals surface area (Å²) in [5.74, 6) is -2.10. The molecule has 0 spiro atoms. The Bertz CT molecular complexity index is 755. The molecule has 11 heteroatoms. The van der Waals surface area contributed by atoms with E-state index in [0.717, 1.165) is 0 Å². The molecular weight excluding hydrogens is 404 g/mol. The minimum Gasteiger partial charge on any atom is -0.481 e. The molecule has 0 radical (unpaired) electrons. The Morgan fingerprint density at radius 2 is 1.76 bits per heavy atom. The number of non-ortho nitro benzene ring substituents is 1. The Morgan fingerprint density at radius 1 is 1.14 bits per heavy atom. The largest absolute Gasteiger partial charge is 0.481 e. The summed E-state index contributed by atoms with van der Waals surface area (Å²) in [5.41, 5.74) is 0.548. The van der Waals surface area contributed by atoms with Crippen LogP contribution in [0.5, 0.6) is 0 Å². The van der Waals surface area contributed by atoms with E-state index >= 15 is 0 Å². The number of carbonyl (C=O) groups is 3. The lowest BCUT2D eigenvalue weighted by Crippen LogP contribution is -2.42. The third-order valence-corrected chi connectivity index (χ3v) is 5.64. The van der Waals surface area contributed by atoms with Crippen LogP contribution in [0.1, 0.15) is 36.6 Å².